The van der Waals surface area contributed by atoms with Gasteiger partial charge in [-0.15, -0.1) is 0 Å². The van der Waals surface area contributed by atoms with E-state index in [0.29, 0.717) is 27.1 Å². The first-order valence-corrected chi connectivity index (χ1v) is 13.3. The molecule has 0 aromatic carbocycles. The highest BCUT2D eigenvalue weighted by Gasteiger charge is 2.65. The number of hydrogen-bond acceptors (Lipinski definition) is 0. The van der Waals surface area contributed by atoms with Gasteiger partial charge < -0.3 is 0 Å². The van der Waals surface area contributed by atoms with Crippen molar-refractivity contribution in [3.8, 4) is 0 Å². The first kappa shape index (κ1) is 21.3. The lowest BCUT2D eigenvalue weighted by Crippen LogP contribution is -2.59. The minimum absolute atomic E-state index is 0.419. The number of hydrogen-bond donors (Lipinski definition) is 0. The summed E-state index contributed by atoms with van der Waals surface area (Å²) in [7, 11) is 0. The van der Waals surface area contributed by atoms with E-state index in [1.807, 2.05) is 16.7 Å². The topological polar surface area (TPSA) is 0 Å². The minimum Gasteiger partial charge on any atom is -0.0841 e. The van der Waals surface area contributed by atoms with Gasteiger partial charge in [0.2, 0.25) is 0 Å². The van der Waals surface area contributed by atoms with E-state index in [-0.39, 0.29) is 0 Å². The average molecular weight is 409 g/mol. The summed E-state index contributed by atoms with van der Waals surface area (Å²) >= 11 is 0. The highest BCUT2D eigenvalue weighted by Crippen LogP contribution is 2.74. The van der Waals surface area contributed by atoms with E-state index < -0.39 is 0 Å². The van der Waals surface area contributed by atoms with E-state index in [2.05, 4.69) is 61.5 Å². The van der Waals surface area contributed by atoms with Crippen molar-refractivity contribution in [1.29, 1.82) is 0 Å². The number of allylic oxidation sites excluding steroid dienone is 4. The molecule has 0 aliphatic heterocycles. The average Bonchev–Trinajstić information content (AvgIpc) is 3.01. The highest BCUT2D eigenvalue weighted by atomic mass is 14.7. The van der Waals surface area contributed by atoms with Crippen molar-refractivity contribution in [2.75, 3.05) is 0 Å². The zero-order valence-electron chi connectivity index (χ0n) is 21.4. The summed E-state index contributed by atoms with van der Waals surface area (Å²) in [5.41, 5.74) is 8.10. The quantitative estimate of drug-likeness (QED) is 0.379. The lowest BCUT2D eigenvalue weighted by atomic mass is 9.36. The molecule has 0 aromatic heterocycles. The summed E-state index contributed by atoms with van der Waals surface area (Å²) in [5, 5.41) is 0. The maximum Gasteiger partial charge on any atom is -0.00563 e. The number of fused-ring (bicyclic) bond motifs is 7. The molecule has 0 unspecified atom stereocenters. The minimum atomic E-state index is 0.419. The molecular weight excluding hydrogens is 360 g/mol. The fourth-order valence-corrected chi connectivity index (χ4v) is 9.75. The fraction of sp³-hybridized carbons (Fsp3) is 0.867. The second kappa shape index (κ2) is 6.29. The zero-order valence-corrected chi connectivity index (χ0v) is 21.4. The van der Waals surface area contributed by atoms with Crippen molar-refractivity contribution in [1.82, 2.24) is 0 Å². The van der Waals surface area contributed by atoms with Gasteiger partial charge in [-0.1, -0.05) is 78.2 Å². The molecule has 0 bridgehead atoms. The van der Waals surface area contributed by atoms with Crippen LogP contribution in [0.2, 0.25) is 0 Å². The molecule has 168 valence electrons. The van der Waals surface area contributed by atoms with Crippen molar-refractivity contribution in [3.63, 3.8) is 0 Å². The number of rotatable bonds is 1. The van der Waals surface area contributed by atoms with Crippen LogP contribution in [-0.4, -0.2) is 0 Å². The Morgan fingerprint density at radius 1 is 0.833 bits per heavy atom. The maximum atomic E-state index is 2.83. The van der Waals surface area contributed by atoms with Gasteiger partial charge >= 0.3 is 0 Å². The summed E-state index contributed by atoms with van der Waals surface area (Å²) in [4.78, 5) is 0. The monoisotopic (exact) mass is 408 g/mol. The Morgan fingerprint density at radius 3 is 2.23 bits per heavy atom. The van der Waals surface area contributed by atoms with Crippen LogP contribution in [0.5, 0.6) is 0 Å². The summed E-state index contributed by atoms with van der Waals surface area (Å²) in [6.07, 6.45) is 17.0. The molecule has 5 rings (SSSR count). The molecule has 0 spiro atoms. The van der Waals surface area contributed by atoms with Gasteiger partial charge in [-0.25, -0.2) is 0 Å². The van der Waals surface area contributed by atoms with Crippen LogP contribution < -0.4 is 0 Å². The lowest BCUT2D eigenvalue weighted by Gasteiger charge is -2.68. The summed E-state index contributed by atoms with van der Waals surface area (Å²) in [5.74, 6) is 2.42. The largest absolute Gasteiger partial charge is 0.0841 e. The third-order valence-corrected chi connectivity index (χ3v) is 12.1. The Hall–Kier alpha value is -0.520. The molecular formula is C30H48. The highest BCUT2D eigenvalue weighted by molar-refractivity contribution is 5.39. The smallest absolute Gasteiger partial charge is 0.00563 e. The molecule has 0 amide bonds. The molecule has 3 saturated carbocycles. The molecule has 0 aromatic rings. The van der Waals surface area contributed by atoms with E-state index in [0.717, 1.165) is 17.8 Å². The summed E-state index contributed by atoms with van der Waals surface area (Å²) in [6, 6.07) is 0. The van der Waals surface area contributed by atoms with E-state index in [9.17, 15) is 0 Å². The van der Waals surface area contributed by atoms with Crippen LogP contribution >= 0.6 is 0 Å². The molecule has 0 saturated heterocycles. The Labute approximate surface area is 187 Å². The first-order chi connectivity index (χ1) is 13.9. The van der Waals surface area contributed by atoms with Gasteiger partial charge in [0.25, 0.3) is 0 Å². The molecule has 30 heavy (non-hydrogen) atoms. The lowest BCUT2D eigenvalue weighted by molar-refractivity contribution is -0.106. The van der Waals surface area contributed by atoms with Gasteiger partial charge in [0.05, 0.1) is 0 Å². The summed E-state index contributed by atoms with van der Waals surface area (Å²) in [6.45, 7) is 20.8. The zero-order chi connectivity index (χ0) is 21.7. The molecule has 0 N–H and O–H groups in total. The van der Waals surface area contributed by atoms with Crippen LogP contribution in [0.25, 0.3) is 0 Å². The maximum absolute atomic E-state index is 2.83. The van der Waals surface area contributed by atoms with Crippen molar-refractivity contribution in [2.24, 2.45) is 44.8 Å². The van der Waals surface area contributed by atoms with Gasteiger partial charge in [-0.2, -0.15) is 0 Å². The van der Waals surface area contributed by atoms with E-state index in [4.69, 9.17) is 0 Å². The Bertz CT molecular complexity index is 808. The predicted octanol–water partition coefficient (Wildman–Crippen LogP) is 9.12. The van der Waals surface area contributed by atoms with Gasteiger partial charge in [-0.05, 0) is 109 Å². The molecule has 0 nitrogen and oxygen atoms in total. The third-order valence-electron chi connectivity index (χ3n) is 12.1. The molecule has 6 atom stereocenters. The van der Waals surface area contributed by atoms with Crippen molar-refractivity contribution in [3.05, 3.63) is 22.8 Å². The van der Waals surface area contributed by atoms with Crippen LogP contribution in [0.4, 0.5) is 0 Å². The second-order valence-electron chi connectivity index (χ2n) is 14.3. The SMILES string of the molecule is CC(C)C1=C2CC[C@]3(C)[C@@H](CC=C4[C@@H]5CC(C)(C)CC[C@]5(C)CC[C@]43C)[C@@]2(C)CC1. The summed E-state index contributed by atoms with van der Waals surface area (Å²) < 4.78 is 0. The van der Waals surface area contributed by atoms with Crippen LogP contribution in [0.15, 0.2) is 22.8 Å². The van der Waals surface area contributed by atoms with Gasteiger partial charge in [0.15, 0.2) is 0 Å². The Kier molecular flexibility index (Phi) is 4.47. The molecule has 0 heteroatoms. The van der Waals surface area contributed by atoms with Gasteiger partial charge in [0.1, 0.15) is 0 Å². The molecule has 0 heterocycles. The second-order valence-corrected chi connectivity index (χ2v) is 14.3. The van der Waals surface area contributed by atoms with Crippen molar-refractivity contribution >= 4 is 0 Å². The Balaban J connectivity index is 1.59. The van der Waals surface area contributed by atoms with Crippen LogP contribution in [0.3, 0.4) is 0 Å². The molecule has 5 aliphatic rings. The predicted molar refractivity (Wildman–Crippen MR) is 129 cm³/mol. The van der Waals surface area contributed by atoms with E-state index in [1.165, 1.54) is 64.2 Å². The standard InChI is InChI=1S/C30H48/c1-20(2)21-11-13-28(6)22(21)12-14-30(8)25(28)10-9-23-24-19-26(3,4)15-16-27(24,5)17-18-29(23,30)7/h9,20,24-25H,10-19H2,1-8H3/t24-,25-,27+,28-,29+,30+/m0/s1. The van der Waals surface area contributed by atoms with Gasteiger partial charge in [-0.3, -0.25) is 0 Å². The molecule has 0 radical (unpaired) electrons. The van der Waals surface area contributed by atoms with Gasteiger partial charge in [0, 0.05) is 0 Å². The van der Waals surface area contributed by atoms with Crippen LogP contribution in [0.1, 0.15) is 120 Å². The third kappa shape index (κ3) is 2.58. The molecule has 3 fully saturated rings. The fourth-order valence-electron chi connectivity index (χ4n) is 9.75. The van der Waals surface area contributed by atoms with E-state index in [1.54, 1.807) is 0 Å². The van der Waals surface area contributed by atoms with Crippen LogP contribution in [-0.2, 0) is 0 Å². The Morgan fingerprint density at radius 2 is 1.53 bits per heavy atom. The normalized spacial score (nSPS) is 49.8. The van der Waals surface area contributed by atoms with Crippen molar-refractivity contribution < 1.29 is 0 Å². The van der Waals surface area contributed by atoms with Crippen molar-refractivity contribution in [2.45, 2.75) is 120 Å². The van der Waals surface area contributed by atoms with Crippen LogP contribution in [0, 0.1) is 44.8 Å². The molecule has 5 aliphatic carbocycles. The first-order valence-electron chi connectivity index (χ1n) is 13.3. The van der Waals surface area contributed by atoms with E-state index >= 15 is 0 Å².